The third kappa shape index (κ3) is 25.7. The Morgan fingerprint density at radius 2 is 1.21 bits per heavy atom. The van der Waals surface area contributed by atoms with E-state index in [4.69, 9.17) is 4.74 Å². The molecule has 1 saturated heterocycles. The third-order valence-electron chi connectivity index (χ3n) is 3.80. The molecule has 0 spiro atoms. The van der Waals surface area contributed by atoms with Crippen LogP contribution in [0.15, 0.2) is 0 Å². The molecule has 0 aromatic carbocycles. The van der Waals surface area contributed by atoms with Gasteiger partial charge in [0.1, 0.15) is 0 Å². The fraction of sp³-hybridized carbons (Fsp3) is 1.00. The molecule has 0 aromatic rings. The smallest absolute Gasteiger partial charge is 0.726 e. The molecule has 0 amide bonds. The quantitative estimate of drug-likeness (QED) is 0.315. The summed E-state index contributed by atoms with van der Waals surface area (Å²) in [6.45, 7) is 3.88. The van der Waals surface area contributed by atoms with Crippen molar-refractivity contribution in [3.05, 3.63) is 0 Å². The predicted octanol–water partition coefficient (Wildman–Crippen LogP) is 1.58. The Morgan fingerprint density at radius 1 is 0.833 bits per heavy atom. The normalized spacial score (nSPS) is 18.4. The van der Waals surface area contributed by atoms with E-state index >= 15 is 0 Å². The minimum atomic E-state index is -4.45. The Hall–Kier alpha value is 1.47. The van der Waals surface area contributed by atoms with E-state index in [2.05, 4.69) is 4.18 Å². The van der Waals surface area contributed by atoms with Crippen molar-refractivity contribution in [1.82, 2.24) is 0 Å². The molecular weight excluding hydrogens is 355 g/mol. The molecule has 0 atom stereocenters. The van der Waals surface area contributed by atoms with E-state index in [1.807, 2.05) is 6.92 Å². The van der Waals surface area contributed by atoms with Crippen LogP contribution in [0, 0.1) is 0 Å². The van der Waals surface area contributed by atoms with Crippen LogP contribution in [0.5, 0.6) is 0 Å². The number of unbranched alkanes of at least 4 members (excludes halogenated alkanes) is 1. The van der Waals surface area contributed by atoms with Crippen LogP contribution in [0.25, 0.3) is 0 Å². The first-order chi connectivity index (χ1) is 11.1. The van der Waals surface area contributed by atoms with Gasteiger partial charge < -0.3 is 9.29 Å². The number of hydrogen-bond donors (Lipinski definition) is 0. The fourth-order valence-electron chi connectivity index (χ4n) is 2.41. The zero-order chi connectivity index (χ0) is 17.2. The standard InChI is InChI=1S/C13H26O.C4H10O4S.K/c1-2-4-6-8-10-12-14-13-11-9-7-5-3-1;1-2-3-4-8-9(5,6)7;/h1-13H2;2-4H2,1H3,(H,5,6,7);/q;;+1/p-1. The van der Waals surface area contributed by atoms with E-state index in [0.717, 1.165) is 19.6 Å². The molecule has 0 bridgehead atoms. The molecule has 0 saturated carbocycles. The maximum Gasteiger partial charge on any atom is 1.00 e. The summed E-state index contributed by atoms with van der Waals surface area (Å²) in [7, 11) is -4.45. The van der Waals surface area contributed by atoms with Crippen molar-refractivity contribution >= 4 is 10.4 Å². The van der Waals surface area contributed by atoms with Crippen molar-refractivity contribution < 1.29 is 73.3 Å². The Labute approximate surface area is 192 Å². The first-order valence-corrected chi connectivity index (χ1v) is 10.6. The molecule has 0 radical (unpaired) electrons. The molecule has 0 aromatic heterocycles. The summed E-state index contributed by atoms with van der Waals surface area (Å²) < 4.78 is 38.6. The topological polar surface area (TPSA) is 75.7 Å². The van der Waals surface area contributed by atoms with Crippen LogP contribution < -0.4 is 51.4 Å². The van der Waals surface area contributed by atoms with Crippen LogP contribution in [0.3, 0.4) is 0 Å². The van der Waals surface area contributed by atoms with Crippen LogP contribution in [0.1, 0.15) is 90.4 Å². The number of rotatable bonds is 4. The monoisotopic (exact) mass is 390 g/mol. The summed E-state index contributed by atoms with van der Waals surface area (Å²) in [5.41, 5.74) is 0. The molecule has 140 valence electrons. The van der Waals surface area contributed by atoms with E-state index in [-0.39, 0.29) is 58.0 Å². The Balaban J connectivity index is 0. The van der Waals surface area contributed by atoms with Crippen LogP contribution in [0.4, 0.5) is 0 Å². The second kappa shape index (κ2) is 20.8. The molecule has 24 heavy (non-hydrogen) atoms. The molecule has 1 aliphatic heterocycles. The molecule has 1 rings (SSSR count). The van der Waals surface area contributed by atoms with Crippen LogP contribution in [-0.2, 0) is 19.3 Å². The van der Waals surface area contributed by atoms with Gasteiger partial charge in [-0.25, -0.2) is 8.42 Å². The Morgan fingerprint density at radius 3 is 1.54 bits per heavy atom. The summed E-state index contributed by atoms with van der Waals surface area (Å²) >= 11 is 0. The molecule has 1 aliphatic rings. The van der Waals surface area contributed by atoms with E-state index in [1.54, 1.807) is 0 Å². The van der Waals surface area contributed by atoms with Gasteiger partial charge >= 0.3 is 51.4 Å². The maximum absolute atomic E-state index is 9.73. The van der Waals surface area contributed by atoms with Gasteiger partial charge in [0.25, 0.3) is 0 Å². The van der Waals surface area contributed by atoms with Crippen molar-refractivity contribution in [2.24, 2.45) is 0 Å². The van der Waals surface area contributed by atoms with Gasteiger partial charge in [-0.05, 0) is 19.3 Å². The van der Waals surface area contributed by atoms with E-state index in [9.17, 15) is 13.0 Å². The summed E-state index contributed by atoms with van der Waals surface area (Å²) in [6, 6.07) is 0. The van der Waals surface area contributed by atoms with Crippen LogP contribution in [0.2, 0.25) is 0 Å². The molecule has 5 nitrogen and oxygen atoms in total. The minimum Gasteiger partial charge on any atom is -0.726 e. The van der Waals surface area contributed by atoms with Gasteiger partial charge in [0, 0.05) is 13.2 Å². The SMILES string of the molecule is C1CCCCCCOCCCCCC1.CCCCOS(=O)(=O)[O-].[K+]. The van der Waals surface area contributed by atoms with Gasteiger partial charge in [-0.2, -0.15) is 0 Å². The van der Waals surface area contributed by atoms with E-state index in [0.29, 0.717) is 6.42 Å². The third-order valence-corrected chi connectivity index (χ3v) is 4.26. The van der Waals surface area contributed by atoms with Gasteiger partial charge in [-0.1, -0.05) is 71.1 Å². The van der Waals surface area contributed by atoms with Gasteiger partial charge in [0.2, 0.25) is 10.4 Å². The van der Waals surface area contributed by atoms with Crippen molar-refractivity contribution in [1.29, 1.82) is 0 Å². The summed E-state index contributed by atoms with van der Waals surface area (Å²) in [5, 5.41) is 0. The average molecular weight is 391 g/mol. The minimum absolute atomic E-state index is 0. The second-order valence-corrected chi connectivity index (χ2v) is 7.14. The second-order valence-electron chi connectivity index (χ2n) is 6.09. The first kappa shape index (κ1) is 27.7. The molecule has 1 heterocycles. The zero-order valence-corrected chi connectivity index (χ0v) is 19.7. The fourth-order valence-corrected chi connectivity index (χ4v) is 2.73. The molecule has 0 aliphatic carbocycles. The molecule has 0 N–H and O–H groups in total. The zero-order valence-electron chi connectivity index (χ0n) is 15.8. The average Bonchev–Trinajstić information content (AvgIpc) is 2.49. The summed E-state index contributed by atoms with van der Waals surface area (Å²) in [6.07, 6.45) is 16.8. The largest absolute Gasteiger partial charge is 1.00 e. The molecular formula is C17H35KO5S. The van der Waals surface area contributed by atoms with Crippen molar-refractivity contribution in [2.75, 3.05) is 19.8 Å². The number of hydrogen-bond acceptors (Lipinski definition) is 5. The first-order valence-electron chi connectivity index (χ1n) is 9.24. The Kier molecular flexibility index (Phi) is 24.0. The van der Waals surface area contributed by atoms with Crippen molar-refractivity contribution in [2.45, 2.75) is 90.4 Å². The van der Waals surface area contributed by atoms with Gasteiger partial charge in [-0.3, -0.25) is 4.18 Å². The van der Waals surface area contributed by atoms with Gasteiger partial charge in [0.15, 0.2) is 0 Å². The summed E-state index contributed by atoms with van der Waals surface area (Å²) in [5.74, 6) is 0. The van der Waals surface area contributed by atoms with Gasteiger partial charge in [-0.15, -0.1) is 0 Å². The van der Waals surface area contributed by atoms with Crippen molar-refractivity contribution in [3.8, 4) is 0 Å². The number of ether oxygens (including phenoxy) is 1. The van der Waals surface area contributed by atoms with Crippen LogP contribution >= 0.6 is 0 Å². The van der Waals surface area contributed by atoms with Crippen molar-refractivity contribution in [3.63, 3.8) is 0 Å². The van der Waals surface area contributed by atoms with E-state index < -0.39 is 10.4 Å². The predicted molar refractivity (Wildman–Crippen MR) is 92.2 cm³/mol. The molecule has 7 heteroatoms. The maximum atomic E-state index is 9.73. The van der Waals surface area contributed by atoms with E-state index in [1.165, 1.54) is 70.6 Å². The van der Waals surface area contributed by atoms with Gasteiger partial charge in [0.05, 0.1) is 6.61 Å². The molecule has 0 unspecified atom stereocenters. The Bertz CT molecular complexity index is 283. The summed E-state index contributed by atoms with van der Waals surface area (Å²) in [4.78, 5) is 0. The molecule has 1 fully saturated rings. The van der Waals surface area contributed by atoms with Crippen LogP contribution in [-0.4, -0.2) is 32.8 Å².